The van der Waals surface area contributed by atoms with Gasteiger partial charge in [0.05, 0.1) is 18.4 Å². The molecule has 0 spiro atoms. The number of aliphatic carboxylic acids is 1. The first-order valence-corrected chi connectivity index (χ1v) is 13.7. The zero-order valence-electron chi connectivity index (χ0n) is 23.3. The summed E-state index contributed by atoms with van der Waals surface area (Å²) in [5.41, 5.74) is 3.24. The van der Waals surface area contributed by atoms with Crippen molar-refractivity contribution in [1.29, 1.82) is 0 Å². The van der Waals surface area contributed by atoms with Gasteiger partial charge in [-0.05, 0) is 81.1 Å². The van der Waals surface area contributed by atoms with Crippen LogP contribution in [0.15, 0.2) is 34.9 Å². The normalized spacial score (nSPS) is 15.0. The molecule has 0 heterocycles. The average Bonchev–Trinajstić information content (AvgIpc) is 2.72. The molecular weight excluding hydrogens is 478 g/mol. The average molecular weight is 526 g/mol. The molecule has 0 aliphatic rings. The Morgan fingerprint density at radius 3 is 2.03 bits per heavy atom. The lowest BCUT2D eigenvalue weighted by atomic mass is 9.98. The van der Waals surface area contributed by atoms with Crippen molar-refractivity contribution in [3.8, 4) is 0 Å². The van der Waals surface area contributed by atoms with E-state index in [-0.39, 0.29) is 12.2 Å². The van der Waals surface area contributed by atoms with Gasteiger partial charge in [0.2, 0.25) is 5.91 Å². The molecule has 0 radical (unpaired) electrons. The molecule has 7 nitrogen and oxygen atoms in total. The van der Waals surface area contributed by atoms with Crippen LogP contribution < -0.4 is 5.32 Å². The molecule has 0 saturated heterocycles. The Morgan fingerprint density at radius 2 is 1.53 bits per heavy atom. The van der Waals surface area contributed by atoms with E-state index in [9.17, 15) is 24.6 Å². The van der Waals surface area contributed by atoms with Crippen molar-refractivity contribution in [3.63, 3.8) is 0 Å². The molecule has 0 aliphatic carbocycles. The second kappa shape index (κ2) is 17.4. The predicted octanol–water partition coefficient (Wildman–Crippen LogP) is 5.44. The maximum Gasteiger partial charge on any atom is 0.327 e. The number of hydrogen-bond acceptors (Lipinski definition) is 6. The summed E-state index contributed by atoms with van der Waals surface area (Å²) in [5.74, 6) is -2.75. The number of thioether (sulfide) groups is 1. The molecule has 8 heteroatoms. The summed E-state index contributed by atoms with van der Waals surface area (Å²) in [4.78, 5) is 36.4. The van der Waals surface area contributed by atoms with Gasteiger partial charge >= 0.3 is 11.9 Å². The third kappa shape index (κ3) is 17.4. The van der Waals surface area contributed by atoms with Crippen LogP contribution in [-0.2, 0) is 19.1 Å². The highest BCUT2D eigenvalue weighted by Crippen LogP contribution is 2.17. The fourth-order valence-electron chi connectivity index (χ4n) is 3.22. The monoisotopic (exact) mass is 525 g/mol. The molecule has 0 bridgehead atoms. The van der Waals surface area contributed by atoms with Crippen molar-refractivity contribution in [2.75, 3.05) is 11.5 Å². The van der Waals surface area contributed by atoms with E-state index in [2.05, 4.69) is 51.2 Å². The Kier molecular flexibility index (Phi) is 16.4. The van der Waals surface area contributed by atoms with Crippen LogP contribution in [0, 0.1) is 5.92 Å². The Hall–Kier alpha value is -2.06. The number of nitrogens with one attached hydrogen (secondary N) is 1. The SMILES string of the molecule is CC(C)=CCC/C(C)=C/CC/C(C)=C/CSC[C@H](NC(=O)[C@@H](CC(=O)OC(C)(C)C)C(C)O)C(=O)O. The smallest absolute Gasteiger partial charge is 0.327 e. The van der Waals surface area contributed by atoms with Crippen molar-refractivity contribution in [1.82, 2.24) is 5.32 Å². The van der Waals surface area contributed by atoms with Crippen molar-refractivity contribution >= 4 is 29.6 Å². The van der Waals surface area contributed by atoms with E-state index in [4.69, 9.17) is 4.74 Å². The minimum absolute atomic E-state index is 0.174. The maximum atomic E-state index is 12.6. The van der Waals surface area contributed by atoms with Crippen LogP contribution in [0.3, 0.4) is 0 Å². The molecule has 0 aromatic carbocycles. The number of carboxylic acid groups (broad SMARTS) is 1. The van der Waals surface area contributed by atoms with Crippen molar-refractivity contribution in [3.05, 3.63) is 34.9 Å². The lowest BCUT2D eigenvalue weighted by molar-refractivity contribution is -0.159. The number of rotatable bonds is 16. The molecule has 1 unspecified atom stereocenters. The lowest BCUT2D eigenvalue weighted by Gasteiger charge is -2.24. The van der Waals surface area contributed by atoms with Crippen LogP contribution in [0.2, 0.25) is 0 Å². The second-order valence-electron chi connectivity index (χ2n) is 10.5. The zero-order valence-corrected chi connectivity index (χ0v) is 24.2. The van der Waals surface area contributed by atoms with E-state index >= 15 is 0 Å². The maximum absolute atomic E-state index is 12.6. The molecule has 36 heavy (non-hydrogen) atoms. The van der Waals surface area contributed by atoms with E-state index in [1.807, 2.05) is 0 Å². The largest absolute Gasteiger partial charge is 0.480 e. The van der Waals surface area contributed by atoms with Crippen LogP contribution >= 0.6 is 11.8 Å². The number of carbonyl (C=O) groups is 3. The molecule has 206 valence electrons. The van der Waals surface area contributed by atoms with Gasteiger partial charge in [-0.25, -0.2) is 4.79 Å². The van der Waals surface area contributed by atoms with Gasteiger partial charge in [0.1, 0.15) is 11.6 Å². The highest BCUT2D eigenvalue weighted by atomic mass is 32.2. The number of ether oxygens (including phenoxy) is 1. The fraction of sp³-hybridized carbons (Fsp3) is 0.679. The van der Waals surface area contributed by atoms with Crippen LogP contribution in [-0.4, -0.2) is 57.3 Å². The number of carbonyl (C=O) groups excluding carboxylic acids is 2. The van der Waals surface area contributed by atoms with Gasteiger partial charge < -0.3 is 20.3 Å². The molecule has 1 amide bonds. The van der Waals surface area contributed by atoms with Gasteiger partial charge in [-0.3, -0.25) is 9.59 Å². The first-order valence-electron chi connectivity index (χ1n) is 12.6. The van der Waals surface area contributed by atoms with Crippen LogP contribution in [0.5, 0.6) is 0 Å². The standard InChI is InChI=1S/C28H47NO6S/c1-19(2)11-9-12-20(3)13-10-14-21(4)15-16-36-18-24(27(33)34)29-26(32)23(22(5)30)17-25(31)35-28(6,7)8/h11,13,15,22-24,30H,9-10,12,14,16-18H2,1-8H3,(H,29,32)(H,33,34)/b20-13+,21-15+/t22?,23-,24-/m0/s1. The number of carboxylic acids is 1. The number of aliphatic hydroxyl groups excluding tert-OH is 1. The summed E-state index contributed by atoms with van der Waals surface area (Å²) < 4.78 is 5.23. The molecule has 0 fully saturated rings. The molecule has 0 saturated carbocycles. The number of esters is 1. The summed E-state index contributed by atoms with van der Waals surface area (Å²) in [6, 6.07) is -1.12. The Bertz CT molecular complexity index is 803. The van der Waals surface area contributed by atoms with Gasteiger partial charge in [-0.1, -0.05) is 34.9 Å². The number of hydrogen-bond donors (Lipinski definition) is 3. The Morgan fingerprint density at radius 1 is 0.972 bits per heavy atom. The van der Waals surface area contributed by atoms with Gasteiger partial charge in [0.25, 0.3) is 0 Å². The Labute approximate surface area is 221 Å². The highest BCUT2D eigenvalue weighted by molar-refractivity contribution is 7.99. The number of aliphatic hydroxyl groups is 1. The summed E-state index contributed by atoms with van der Waals surface area (Å²) >= 11 is 1.41. The number of amides is 1. The molecule has 3 N–H and O–H groups in total. The summed E-state index contributed by atoms with van der Waals surface area (Å²) in [7, 11) is 0. The third-order valence-electron chi connectivity index (χ3n) is 5.30. The minimum atomic E-state index is -1.16. The summed E-state index contributed by atoms with van der Waals surface area (Å²) in [6.07, 6.45) is 9.20. The molecular formula is C28H47NO6S. The number of allylic oxidation sites excluding steroid dienone is 5. The molecule has 3 atom stereocenters. The first-order chi connectivity index (χ1) is 16.6. The van der Waals surface area contributed by atoms with Crippen molar-refractivity contribution < 1.29 is 29.3 Å². The molecule has 0 aromatic heterocycles. The predicted molar refractivity (Wildman–Crippen MR) is 148 cm³/mol. The second-order valence-corrected chi connectivity index (χ2v) is 11.6. The lowest BCUT2D eigenvalue weighted by Crippen LogP contribution is -2.48. The topological polar surface area (TPSA) is 113 Å². The van der Waals surface area contributed by atoms with Gasteiger partial charge in [0, 0.05) is 11.5 Å². The van der Waals surface area contributed by atoms with E-state index in [1.165, 1.54) is 35.4 Å². The first kappa shape index (κ1) is 33.9. The van der Waals surface area contributed by atoms with E-state index in [0.717, 1.165) is 25.7 Å². The van der Waals surface area contributed by atoms with Crippen LogP contribution in [0.4, 0.5) is 0 Å². The van der Waals surface area contributed by atoms with Gasteiger partial charge in [0.15, 0.2) is 0 Å². The van der Waals surface area contributed by atoms with Crippen molar-refractivity contribution in [2.45, 2.75) is 105 Å². The molecule has 0 rings (SSSR count). The summed E-state index contributed by atoms with van der Waals surface area (Å²) in [6.45, 7) is 15.0. The van der Waals surface area contributed by atoms with Crippen molar-refractivity contribution in [2.24, 2.45) is 5.92 Å². The van der Waals surface area contributed by atoms with E-state index < -0.39 is 41.5 Å². The minimum Gasteiger partial charge on any atom is -0.480 e. The van der Waals surface area contributed by atoms with Gasteiger partial charge in [-0.2, -0.15) is 11.8 Å². The van der Waals surface area contributed by atoms with Crippen LogP contribution in [0.25, 0.3) is 0 Å². The quantitative estimate of drug-likeness (QED) is 0.140. The van der Waals surface area contributed by atoms with Crippen LogP contribution in [0.1, 0.15) is 87.5 Å². The Balaban J connectivity index is 4.69. The fourth-order valence-corrected chi connectivity index (χ4v) is 4.22. The van der Waals surface area contributed by atoms with Gasteiger partial charge in [-0.15, -0.1) is 0 Å². The highest BCUT2D eigenvalue weighted by Gasteiger charge is 2.31. The third-order valence-corrected chi connectivity index (χ3v) is 6.27. The summed E-state index contributed by atoms with van der Waals surface area (Å²) in [5, 5.41) is 22.0. The zero-order chi connectivity index (χ0) is 27.9. The molecule has 0 aliphatic heterocycles. The molecule has 0 aromatic rings. The van der Waals surface area contributed by atoms with E-state index in [1.54, 1.807) is 20.8 Å². The van der Waals surface area contributed by atoms with E-state index in [0.29, 0.717) is 5.75 Å².